The minimum Gasteiger partial charge on any atom is -0.382 e. The summed E-state index contributed by atoms with van der Waals surface area (Å²) in [6, 6.07) is 18.5. The van der Waals surface area contributed by atoms with Crippen LogP contribution in [0.3, 0.4) is 0 Å². The van der Waals surface area contributed by atoms with E-state index in [1.165, 1.54) is 0 Å². The summed E-state index contributed by atoms with van der Waals surface area (Å²) in [6.45, 7) is 1.46. The Labute approximate surface area is 206 Å². The molecule has 0 radical (unpaired) electrons. The number of nitrogens with zero attached hydrogens (tertiary/aromatic N) is 4. The lowest BCUT2D eigenvalue weighted by Gasteiger charge is -2.33. The molecule has 0 atom stereocenters. The number of amides is 1. The number of piperidine rings is 1. The molecule has 35 heavy (non-hydrogen) atoms. The van der Waals surface area contributed by atoms with Gasteiger partial charge in [0.05, 0.1) is 18.1 Å². The highest BCUT2D eigenvalue weighted by Crippen LogP contribution is 2.32. The van der Waals surface area contributed by atoms with Crippen molar-refractivity contribution < 1.29 is 4.79 Å². The Balaban J connectivity index is 1.31. The predicted octanol–water partition coefficient (Wildman–Crippen LogP) is 3.07. The second kappa shape index (κ2) is 9.98. The van der Waals surface area contributed by atoms with Crippen molar-refractivity contribution in [1.82, 2.24) is 14.9 Å². The van der Waals surface area contributed by atoms with E-state index in [1.807, 2.05) is 55.3 Å². The first-order valence-electron chi connectivity index (χ1n) is 11.9. The number of likely N-dealkylation sites (tertiary alicyclic amines) is 1. The Hall–Kier alpha value is -4.18. The summed E-state index contributed by atoms with van der Waals surface area (Å²) in [5.74, 6) is 0.157. The van der Waals surface area contributed by atoms with Crippen LogP contribution in [0, 0.1) is 11.3 Å². The number of pyridine rings is 2. The summed E-state index contributed by atoms with van der Waals surface area (Å²) in [5.41, 5.74) is 5.78. The number of fused-ring (bicyclic) bond motifs is 1. The van der Waals surface area contributed by atoms with Crippen molar-refractivity contribution in [3.63, 3.8) is 0 Å². The van der Waals surface area contributed by atoms with E-state index in [4.69, 9.17) is 0 Å². The van der Waals surface area contributed by atoms with Crippen LogP contribution in [-0.2, 0) is 11.2 Å². The number of benzene rings is 2. The number of hydrogen-bond donors (Lipinski definition) is 1. The van der Waals surface area contributed by atoms with Gasteiger partial charge in [0.25, 0.3) is 0 Å². The van der Waals surface area contributed by atoms with Gasteiger partial charge in [-0.15, -0.1) is 0 Å². The van der Waals surface area contributed by atoms with E-state index >= 15 is 0 Å². The summed E-state index contributed by atoms with van der Waals surface area (Å²) in [4.78, 5) is 23.3. The van der Waals surface area contributed by atoms with Crippen molar-refractivity contribution in [2.24, 2.45) is 0 Å². The van der Waals surface area contributed by atoms with Crippen LogP contribution in [0.15, 0.2) is 73.3 Å². The molecule has 1 aliphatic rings. The molecule has 5 rings (SSSR count). The van der Waals surface area contributed by atoms with Crippen molar-refractivity contribution in [2.45, 2.75) is 25.3 Å². The molecule has 1 aliphatic heterocycles. The van der Waals surface area contributed by atoms with Gasteiger partial charge in [0.2, 0.25) is 5.91 Å². The minimum atomic E-state index is 0.157. The first-order chi connectivity index (χ1) is 17.1. The van der Waals surface area contributed by atoms with Gasteiger partial charge in [0.1, 0.15) is 7.85 Å². The first kappa shape index (κ1) is 22.6. The smallest absolute Gasteiger partial charge is 0.227 e. The van der Waals surface area contributed by atoms with E-state index in [9.17, 15) is 10.1 Å². The molecule has 1 amide bonds. The molecule has 2 aromatic carbocycles. The van der Waals surface area contributed by atoms with Crippen molar-refractivity contribution in [1.29, 1.82) is 5.26 Å². The zero-order chi connectivity index (χ0) is 24.2. The van der Waals surface area contributed by atoms with Crippen LogP contribution in [-0.4, -0.2) is 47.8 Å². The van der Waals surface area contributed by atoms with Gasteiger partial charge in [-0.2, -0.15) is 5.26 Å². The van der Waals surface area contributed by atoms with E-state index in [0.717, 1.165) is 64.5 Å². The molecule has 3 heterocycles. The number of nitriles is 1. The summed E-state index contributed by atoms with van der Waals surface area (Å²) in [5, 5.41) is 15.2. The maximum atomic E-state index is 12.8. The van der Waals surface area contributed by atoms with Crippen LogP contribution in [0.5, 0.6) is 0 Å². The van der Waals surface area contributed by atoms with Gasteiger partial charge in [-0.1, -0.05) is 23.7 Å². The number of carbonyl (C=O) groups is 1. The molecule has 0 bridgehead atoms. The Bertz CT molecular complexity index is 1420. The highest BCUT2D eigenvalue weighted by atomic mass is 16.2. The lowest BCUT2D eigenvalue weighted by Crippen LogP contribution is -2.43. The fourth-order valence-electron chi connectivity index (χ4n) is 4.75. The second-order valence-corrected chi connectivity index (χ2v) is 9.16. The summed E-state index contributed by atoms with van der Waals surface area (Å²) < 4.78 is 0. The minimum absolute atomic E-state index is 0.157. The molecule has 1 N–H and O–H groups in total. The molecular formula is C28H26BN5O. The number of rotatable bonds is 5. The van der Waals surface area contributed by atoms with Crippen molar-refractivity contribution >= 4 is 35.7 Å². The third-order valence-electron chi connectivity index (χ3n) is 6.58. The molecule has 6 nitrogen and oxygen atoms in total. The quantitative estimate of drug-likeness (QED) is 0.464. The van der Waals surface area contributed by atoms with Gasteiger partial charge in [-0.3, -0.25) is 14.8 Å². The lowest BCUT2D eigenvalue weighted by atomic mass is 9.96. The molecule has 0 unspecified atom stereocenters. The van der Waals surface area contributed by atoms with Crippen LogP contribution >= 0.6 is 0 Å². The van der Waals surface area contributed by atoms with Crippen LogP contribution in [0.4, 0.5) is 5.69 Å². The maximum absolute atomic E-state index is 12.8. The Kier molecular flexibility index (Phi) is 6.45. The van der Waals surface area contributed by atoms with E-state index < -0.39 is 0 Å². The molecule has 1 fully saturated rings. The summed E-state index contributed by atoms with van der Waals surface area (Å²) in [6.07, 6.45) is 9.43. The predicted molar refractivity (Wildman–Crippen MR) is 141 cm³/mol. The zero-order valence-corrected chi connectivity index (χ0v) is 19.7. The number of carbonyl (C=O) groups excluding carboxylic acids is 1. The normalized spacial score (nSPS) is 14.0. The third kappa shape index (κ3) is 5.17. The molecule has 172 valence electrons. The van der Waals surface area contributed by atoms with E-state index in [0.29, 0.717) is 12.0 Å². The van der Waals surface area contributed by atoms with E-state index in [2.05, 4.69) is 33.5 Å². The summed E-state index contributed by atoms with van der Waals surface area (Å²) in [7, 11) is 1.99. The largest absolute Gasteiger partial charge is 0.382 e. The Morgan fingerprint density at radius 3 is 2.71 bits per heavy atom. The average Bonchev–Trinajstić information content (AvgIpc) is 2.89. The molecule has 0 aliphatic carbocycles. The number of hydrogen-bond acceptors (Lipinski definition) is 5. The topological polar surface area (TPSA) is 81.9 Å². The fourth-order valence-corrected chi connectivity index (χ4v) is 4.75. The van der Waals surface area contributed by atoms with E-state index in [-0.39, 0.29) is 11.9 Å². The van der Waals surface area contributed by atoms with Gasteiger partial charge in [0.15, 0.2) is 0 Å². The van der Waals surface area contributed by atoms with Crippen LogP contribution in [0.25, 0.3) is 21.9 Å². The second-order valence-electron chi connectivity index (χ2n) is 9.16. The van der Waals surface area contributed by atoms with Gasteiger partial charge < -0.3 is 10.2 Å². The van der Waals surface area contributed by atoms with Crippen molar-refractivity contribution in [2.75, 3.05) is 18.4 Å². The highest BCUT2D eigenvalue weighted by molar-refractivity contribution is 6.32. The van der Waals surface area contributed by atoms with Crippen LogP contribution < -0.4 is 10.8 Å². The van der Waals surface area contributed by atoms with Crippen LogP contribution in [0.1, 0.15) is 24.0 Å². The van der Waals surface area contributed by atoms with Gasteiger partial charge in [-0.25, -0.2) is 0 Å². The summed E-state index contributed by atoms with van der Waals surface area (Å²) >= 11 is 0. The molecule has 2 aromatic heterocycles. The monoisotopic (exact) mass is 459 g/mol. The number of aromatic nitrogens is 2. The fraction of sp³-hybridized carbons (Fsp3) is 0.214. The molecule has 4 aromatic rings. The Morgan fingerprint density at radius 2 is 1.91 bits per heavy atom. The first-order valence-corrected chi connectivity index (χ1v) is 11.9. The standard InChI is InChI=1S/C28H26BN5O/c29-24-11-20(16-32-17-24)12-28(35)34-8-5-25(6-9-34)33-27-14-23(13-22-4-7-31-18-26(22)27)21-3-1-2-19(10-21)15-30/h1-4,7,10-11,13-14,16-18,25,33H,5-6,8-9,12,29H2. The van der Waals surface area contributed by atoms with Gasteiger partial charge >= 0.3 is 0 Å². The molecule has 7 heteroatoms. The van der Waals surface area contributed by atoms with Crippen molar-refractivity contribution in [3.8, 4) is 17.2 Å². The number of anilines is 1. The average molecular weight is 459 g/mol. The zero-order valence-electron chi connectivity index (χ0n) is 19.7. The lowest BCUT2D eigenvalue weighted by molar-refractivity contribution is -0.131. The molecule has 1 saturated heterocycles. The SMILES string of the molecule is Bc1cncc(CC(=O)N2CCC(Nc3cc(-c4cccc(C#N)c4)cc4ccncc34)CC2)c1. The molecule has 0 saturated carbocycles. The molecule has 0 spiro atoms. The third-order valence-corrected chi connectivity index (χ3v) is 6.58. The maximum Gasteiger partial charge on any atom is 0.227 e. The van der Waals surface area contributed by atoms with Gasteiger partial charge in [-0.05, 0) is 65.3 Å². The Morgan fingerprint density at radius 1 is 1.06 bits per heavy atom. The van der Waals surface area contributed by atoms with Crippen LogP contribution in [0.2, 0.25) is 0 Å². The van der Waals surface area contributed by atoms with E-state index in [1.54, 1.807) is 18.6 Å². The highest BCUT2D eigenvalue weighted by Gasteiger charge is 2.23. The number of nitrogens with one attached hydrogen (secondary N) is 1. The van der Waals surface area contributed by atoms with Crippen molar-refractivity contribution in [3.05, 3.63) is 84.4 Å². The van der Waals surface area contributed by atoms with Gasteiger partial charge in [0, 0.05) is 55.0 Å². The molecular weight excluding hydrogens is 433 g/mol.